The summed E-state index contributed by atoms with van der Waals surface area (Å²) in [6.45, 7) is 5.04. The molecule has 7 heteroatoms. The van der Waals surface area contributed by atoms with Gasteiger partial charge in [-0.25, -0.2) is 4.98 Å². The van der Waals surface area contributed by atoms with Gasteiger partial charge in [0.15, 0.2) is 0 Å². The standard InChI is InChI=1S/C21H33N7/c1-15-13-17(27(4)25-15)14-22-16-9-11-28(12-10-16)20-18-7-5-6-8-19(18)23-21(24-20)26(2)3/h13,16,22H,5-12,14H2,1-4H3. The summed E-state index contributed by atoms with van der Waals surface area (Å²) < 4.78 is 1.98. The maximum atomic E-state index is 4.95. The number of anilines is 2. The molecular formula is C21H33N7. The molecule has 0 saturated carbocycles. The molecule has 0 radical (unpaired) electrons. The molecule has 2 aliphatic rings. The van der Waals surface area contributed by atoms with Crippen LogP contribution < -0.4 is 15.1 Å². The third kappa shape index (κ3) is 3.99. The van der Waals surface area contributed by atoms with Gasteiger partial charge in [0.1, 0.15) is 5.82 Å². The van der Waals surface area contributed by atoms with Crippen LogP contribution in [0.25, 0.3) is 0 Å². The van der Waals surface area contributed by atoms with Gasteiger partial charge in [0.25, 0.3) is 0 Å². The SMILES string of the molecule is Cc1cc(CNC2CCN(c3nc(N(C)C)nc4c3CCCC4)CC2)n(C)n1. The molecule has 152 valence electrons. The average molecular weight is 384 g/mol. The summed E-state index contributed by atoms with van der Waals surface area (Å²) in [5.41, 5.74) is 5.00. The van der Waals surface area contributed by atoms with Crippen LogP contribution in [0.2, 0.25) is 0 Å². The lowest BCUT2D eigenvalue weighted by Crippen LogP contribution is -2.43. The molecule has 1 aliphatic heterocycles. The first-order valence-electron chi connectivity index (χ1n) is 10.6. The Hall–Kier alpha value is -2.15. The molecule has 1 saturated heterocycles. The normalized spacial score (nSPS) is 17.6. The Labute approximate surface area is 168 Å². The van der Waals surface area contributed by atoms with Crippen LogP contribution in [0.1, 0.15) is 48.3 Å². The number of nitrogens with zero attached hydrogens (tertiary/aromatic N) is 6. The summed E-state index contributed by atoms with van der Waals surface area (Å²) >= 11 is 0. The second-order valence-electron chi connectivity index (χ2n) is 8.42. The van der Waals surface area contributed by atoms with Crippen molar-refractivity contribution in [1.82, 2.24) is 25.1 Å². The predicted molar refractivity (Wildman–Crippen MR) is 113 cm³/mol. The fraction of sp³-hybridized carbons (Fsp3) is 0.667. The molecule has 0 unspecified atom stereocenters. The van der Waals surface area contributed by atoms with Gasteiger partial charge in [-0.2, -0.15) is 10.1 Å². The molecule has 1 fully saturated rings. The van der Waals surface area contributed by atoms with Crippen molar-refractivity contribution in [3.63, 3.8) is 0 Å². The van der Waals surface area contributed by atoms with Gasteiger partial charge in [-0.05, 0) is 51.5 Å². The molecule has 0 spiro atoms. The molecule has 1 N–H and O–H groups in total. The number of rotatable bonds is 5. The highest BCUT2D eigenvalue weighted by Gasteiger charge is 2.26. The summed E-state index contributed by atoms with van der Waals surface area (Å²) in [4.78, 5) is 14.3. The number of aromatic nitrogens is 4. The fourth-order valence-corrected chi connectivity index (χ4v) is 4.40. The third-order valence-electron chi connectivity index (χ3n) is 6.01. The smallest absolute Gasteiger partial charge is 0.227 e. The van der Waals surface area contributed by atoms with Gasteiger partial charge >= 0.3 is 0 Å². The van der Waals surface area contributed by atoms with E-state index < -0.39 is 0 Å². The lowest BCUT2D eigenvalue weighted by molar-refractivity contribution is 0.406. The Balaban J connectivity index is 1.42. The molecule has 2 aromatic rings. The van der Waals surface area contributed by atoms with Crippen LogP contribution in [0.4, 0.5) is 11.8 Å². The molecule has 7 nitrogen and oxygen atoms in total. The lowest BCUT2D eigenvalue weighted by Gasteiger charge is -2.35. The Morgan fingerprint density at radius 1 is 1.14 bits per heavy atom. The van der Waals surface area contributed by atoms with E-state index in [0.717, 1.165) is 57.0 Å². The average Bonchev–Trinajstić information content (AvgIpc) is 3.03. The highest BCUT2D eigenvalue weighted by molar-refractivity contribution is 5.54. The minimum absolute atomic E-state index is 0.553. The molecule has 1 aliphatic carbocycles. The molecule has 0 amide bonds. The zero-order valence-corrected chi connectivity index (χ0v) is 17.7. The number of aryl methyl sites for hydroxylation is 3. The van der Waals surface area contributed by atoms with Crippen LogP contribution in [0, 0.1) is 6.92 Å². The van der Waals surface area contributed by atoms with Gasteiger partial charge < -0.3 is 15.1 Å². The highest BCUT2D eigenvalue weighted by Crippen LogP contribution is 2.31. The van der Waals surface area contributed by atoms with Crippen molar-refractivity contribution in [1.29, 1.82) is 0 Å². The van der Waals surface area contributed by atoms with Crippen molar-refractivity contribution in [3.8, 4) is 0 Å². The number of hydrogen-bond donors (Lipinski definition) is 1. The van der Waals surface area contributed by atoms with Crippen LogP contribution >= 0.6 is 0 Å². The third-order valence-corrected chi connectivity index (χ3v) is 6.01. The number of piperidine rings is 1. The van der Waals surface area contributed by atoms with Gasteiger partial charge in [-0.3, -0.25) is 4.68 Å². The van der Waals surface area contributed by atoms with E-state index in [2.05, 4.69) is 21.4 Å². The number of nitrogens with one attached hydrogen (secondary N) is 1. The van der Waals surface area contributed by atoms with Crippen molar-refractivity contribution < 1.29 is 0 Å². The van der Waals surface area contributed by atoms with Crippen molar-refractivity contribution >= 4 is 11.8 Å². The maximum absolute atomic E-state index is 4.95. The minimum Gasteiger partial charge on any atom is -0.356 e. The van der Waals surface area contributed by atoms with Gasteiger partial charge in [-0.15, -0.1) is 0 Å². The zero-order chi connectivity index (χ0) is 19.7. The van der Waals surface area contributed by atoms with Crippen LogP contribution in [-0.4, -0.2) is 53.0 Å². The first kappa shape index (κ1) is 19.2. The van der Waals surface area contributed by atoms with E-state index in [4.69, 9.17) is 9.97 Å². The van der Waals surface area contributed by atoms with Crippen LogP contribution in [0.15, 0.2) is 6.07 Å². The van der Waals surface area contributed by atoms with E-state index in [9.17, 15) is 0 Å². The van der Waals surface area contributed by atoms with Gasteiger partial charge in [0.2, 0.25) is 5.95 Å². The molecule has 0 bridgehead atoms. The van der Waals surface area contributed by atoms with Crippen molar-refractivity contribution in [2.45, 2.75) is 58.0 Å². The fourth-order valence-electron chi connectivity index (χ4n) is 4.40. The number of fused-ring (bicyclic) bond motifs is 1. The van der Waals surface area contributed by atoms with E-state index in [0.29, 0.717) is 6.04 Å². The monoisotopic (exact) mass is 383 g/mol. The summed E-state index contributed by atoms with van der Waals surface area (Å²) in [7, 11) is 6.09. The van der Waals surface area contributed by atoms with E-state index in [1.165, 1.54) is 35.6 Å². The second-order valence-corrected chi connectivity index (χ2v) is 8.42. The quantitative estimate of drug-likeness (QED) is 0.854. The predicted octanol–water partition coefficient (Wildman–Crippen LogP) is 2.22. The molecule has 0 atom stereocenters. The Kier molecular flexibility index (Phi) is 5.53. The Morgan fingerprint density at radius 3 is 2.57 bits per heavy atom. The molecule has 3 heterocycles. The van der Waals surface area contributed by atoms with Crippen LogP contribution in [-0.2, 0) is 26.4 Å². The number of hydrogen-bond acceptors (Lipinski definition) is 6. The Morgan fingerprint density at radius 2 is 1.89 bits per heavy atom. The summed E-state index contributed by atoms with van der Waals surface area (Å²) in [5.74, 6) is 2.04. The molecule has 2 aromatic heterocycles. The van der Waals surface area contributed by atoms with Crippen molar-refractivity contribution in [3.05, 3.63) is 28.7 Å². The van der Waals surface area contributed by atoms with E-state index in [-0.39, 0.29) is 0 Å². The minimum atomic E-state index is 0.553. The van der Waals surface area contributed by atoms with E-state index in [1.807, 2.05) is 37.6 Å². The van der Waals surface area contributed by atoms with Crippen molar-refractivity contribution in [2.24, 2.45) is 7.05 Å². The van der Waals surface area contributed by atoms with Gasteiger partial charge in [0.05, 0.1) is 17.1 Å². The Bertz CT molecular complexity index is 818. The largest absolute Gasteiger partial charge is 0.356 e. The summed E-state index contributed by atoms with van der Waals surface area (Å²) in [5, 5.41) is 8.17. The van der Waals surface area contributed by atoms with Crippen LogP contribution in [0.3, 0.4) is 0 Å². The lowest BCUT2D eigenvalue weighted by atomic mass is 9.95. The molecular weight excluding hydrogens is 350 g/mol. The molecule has 4 rings (SSSR count). The van der Waals surface area contributed by atoms with Crippen LogP contribution in [0.5, 0.6) is 0 Å². The first-order valence-corrected chi connectivity index (χ1v) is 10.6. The summed E-state index contributed by atoms with van der Waals surface area (Å²) in [6, 6.07) is 2.72. The molecule has 28 heavy (non-hydrogen) atoms. The first-order chi connectivity index (χ1) is 13.5. The maximum Gasteiger partial charge on any atom is 0.227 e. The zero-order valence-electron chi connectivity index (χ0n) is 17.7. The van der Waals surface area contributed by atoms with Crippen molar-refractivity contribution in [2.75, 3.05) is 37.0 Å². The van der Waals surface area contributed by atoms with E-state index >= 15 is 0 Å². The van der Waals surface area contributed by atoms with Gasteiger partial charge in [0, 0.05) is 52.4 Å². The topological polar surface area (TPSA) is 62.1 Å². The summed E-state index contributed by atoms with van der Waals surface area (Å²) in [6.07, 6.45) is 7.01. The van der Waals surface area contributed by atoms with E-state index in [1.54, 1.807) is 0 Å². The second kappa shape index (κ2) is 8.07. The molecule has 0 aromatic carbocycles. The highest BCUT2D eigenvalue weighted by atomic mass is 15.3. The van der Waals surface area contributed by atoms with Gasteiger partial charge in [-0.1, -0.05) is 0 Å².